The molecule has 0 atom stereocenters. The topological polar surface area (TPSA) is 39.1 Å². The number of benzene rings is 1. The zero-order chi connectivity index (χ0) is 13.7. The van der Waals surface area contributed by atoms with E-state index >= 15 is 0 Å². The lowest BCUT2D eigenvalue weighted by Gasteiger charge is -2.08. The largest absolute Gasteiger partial charge is 0.496 e. The normalized spacial score (nSPS) is 10.7. The maximum Gasteiger partial charge on any atom is 0.121 e. The van der Waals surface area contributed by atoms with Gasteiger partial charge in [-0.25, -0.2) is 4.98 Å². The van der Waals surface area contributed by atoms with Crippen molar-refractivity contribution in [2.75, 3.05) is 13.7 Å². The Labute approximate surface area is 114 Å². The molecule has 0 saturated heterocycles. The monoisotopic (exact) mass is 259 g/mol. The highest BCUT2D eigenvalue weighted by Crippen LogP contribution is 2.18. The third-order valence-electron chi connectivity index (χ3n) is 3.23. The van der Waals surface area contributed by atoms with Gasteiger partial charge in [0, 0.05) is 39.0 Å². The van der Waals surface area contributed by atoms with Crippen LogP contribution in [0.25, 0.3) is 0 Å². The second kappa shape index (κ2) is 6.38. The lowest BCUT2D eigenvalue weighted by molar-refractivity contribution is 0.411. The summed E-state index contributed by atoms with van der Waals surface area (Å²) < 4.78 is 7.31. The van der Waals surface area contributed by atoms with Gasteiger partial charge in [0.2, 0.25) is 0 Å². The van der Waals surface area contributed by atoms with E-state index in [1.165, 1.54) is 11.1 Å². The number of methoxy groups -OCH3 is 1. The fraction of sp³-hybridized carbons (Fsp3) is 0.400. The Bertz CT molecular complexity index is 534. The van der Waals surface area contributed by atoms with Crippen molar-refractivity contribution in [2.45, 2.75) is 19.9 Å². The molecule has 1 aromatic heterocycles. The summed E-state index contributed by atoms with van der Waals surface area (Å²) in [4.78, 5) is 4.30. The first kappa shape index (κ1) is 13.6. The molecule has 0 unspecified atom stereocenters. The average molecular weight is 259 g/mol. The van der Waals surface area contributed by atoms with Crippen LogP contribution in [-0.4, -0.2) is 23.2 Å². The highest BCUT2D eigenvalue weighted by molar-refractivity contribution is 5.36. The molecular formula is C15H21N3O. The van der Waals surface area contributed by atoms with E-state index in [2.05, 4.69) is 33.9 Å². The number of aryl methyl sites for hydroxylation is 2. The van der Waals surface area contributed by atoms with E-state index < -0.39 is 0 Å². The zero-order valence-corrected chi connectivity index (χ0v) is 11.8. The van der Waals surface area contributed by atoms with E-state index in [4.69, 9.17) is 4.74 Å². The third kappa shape index (κ3) is 3.58. The Hall–Kier alpha value is -1.81. The molecule has 19 heavy (non-hydrogen) atoms. The maximum absolute atomic E-state index is 5.26. The van der Waals surface area contributed by atoms with Crippen molar-refractivity contribution in [3.8, 4) is 5.75 Å². The van der Waals surface area contributed by atoms with Crippen LogP contribution in [0.3, 0.4) is 0 Å². The number of nitrogens with one attached hydrogen (secondary N) is 1. The van der Waals surface area contributed by atoms with Crippen molar-refractivity contribution in [1.29, 1.82) is 0 Å². The molecule has 1 heterocycles. The summed E-state index contributed by atoms with van der Waals surface area (Å²) in [5, 5.41) is 3.44. The molecule has 4 heteroatoms. The molecule has 4 nitrogen and oxygen atoms in total. The Morgan fingerprint density at radius 3 is 2.84 bits per heavy atom. The van der Waals surface area contributed by atoms with Crippen molar-refractivity contribution in [2.24, 2.45) is 7.05 Å². The minimum absolute atomic E-state index is 0.870. The molecule has 2 rings (SSSR count). The van der Waals surface area contributed by atoms with Gasteiger partial charge in [0.25, 0.3) is 0 Å². The fourth-order valence-electron chi connectivity index (χ4n) is 2.12. The van der Waals surface area contributed by atoms with Crippen molar-refractivity contribution >= 4 is 0 Å². The molecule has 0 saturated carbocycles. The quantitative estimate of drug-likeness (QED) is 0.807. The van der Waals surface area contributed by atoms with Crippen molar-refractivity contribution in [3.05, 3.63) is 47.5 Å². The molecule has 0 aliphatic rings. The van der Waals surface area contributed by atoms with Gasteiger partial charge in [0.1, 0.15) is 11.6 Å². The van der Waals surface area contributed by atoms with Gasteiger partial charge in [0.15, 0.2) is 0 Å². The molecule has 0 bridgehead atoms. The fourth-order valence-corrected chi connectivity index (χ4v) is 2.12. The van der Waals surface area contributed by atoms with Crippen LogP contribution in [0.4, 0.5) is 0 Å². The number of imidazole rings is 1. The molecule has 102 valence electrons. The van der Waals surface area contributed by atoms with E-state index in [9.17, 15) is 0 Å². The molecule has 0 fully saturated rings. The average Bonchev–Trinajstić information content (AvgIpc) is 2.80. The van der Waals surface area contributed by atoms with E-state index in [0.717, 1.165) is 31.1 Å². The summed E-state index contributed by atoms with van der Waals surface area (Å²) in [6.45, 7) is 3.86. The Balaban J connectivity index is 1.80. The standard InChI is InChI=1S/C15H21N3O/c1-12-10-13(4-5-14(12)19-3)11-16-7-6-15-17-8-9-18(15)2/h4-5,8-10,16H,6-7,11H2,1-3H3. The van der Waals surface area contributed by atoms with Crippen molar-refractivity contribution < 1.29 is 4.74 Å². The molecule has 0 spiro atoms. The Morgan fingerprint density at radius 1 is 1.37 bits per heavy atom. The minimum atomic E-state index is 0.870. The number of hydrogen-bond donors (Lipinski definition) is 1. The molecule has 1 aromatic carbocycles. The second-order valence-corrected chi connectivity index (χ2v) is 4.69. The molecule has 0 amide bonds. The van der Waals surface area contributed by atoms with Crippen LogP contribution in [0.5, 0.6) is 5.75 Å². The van der Waals surface area contributed by atoms with Gasteiger partial charge in [0.05, 0.1) is 7.11 Å². The number of hydrogen-bond acceptors (Lipinski definition) is 3. The number of aromatic nitrogens is 2. The van der Waals surface area contributed by atoms with Crippen LogP contribution < -0.4 is 10.1 Å². The molecule has 0 aliphatic carbocycles. The summed E-state index contributed by atoms with van der Waals surface area (Å²) in [6, 6.07) is 6.28. The smallest absolute Gasteiger partial charge is 0.121 e. The van der Waals surface area contributed by atoms with Crippen LogP contribution in [0.15, 0.2) is 30.6 Å². The molecule has 1 N–H and O–H groups in total. The van der Waals surface area contributed by atoms with Gasteiger partial charge in [-0.05, 0) is 24.1 Å². The van der Waals surface area contributed by atoms with Gasteiger partial charge >= 0.3 is 0 Å². The Kier molecular flexibility index (Phi) is 4.58. The van der Waals surface area contributed by atoms with Crippen LogP contribution in [-0.2, 0) is 20.0 Å². The first-order valence-corrected chi connectivity index (χ1v) is 6.51. The molecule has 0 radical (unpaired) electrons. The number of rotatable bonds is 6. The third-order valence-corrected chi connectivity index (χ3v) is 3.23. The summed E-state index contributed by atoms with van der Waals surface area (Å²) >= 11 is 0. The zero-order valence-electron chi connectivity index (χ0n) is 11.8. The van der Waals surface area contributed by atoms with Crippen LogP contribution in [0.2, 0.25) is 0 Å². The summed E-state index contributed by atoms with van der Waals surface area (Å²) in [7, 11) is 3.72. The number of ether oxygens (including phenoxy) is 1. The van der Waals surface area contributed by atoms with Gasteiger partial charge < -0.3 is 14.6 Å². The molecule has 0 aliphatic heterocycles. The predicted octanol–water partition coefficient (Wildman–Crippen LogP) is 2.07. The Morgan fingerprint density at radius 2 is 2.21 bits per heavy atom. The number of nitrogens with zero attached hydrogens (tertiary/aromatic N) is 2. The summed E-state index contributed by atoms with van der Waals surface area (Å²) in [5.41, 5.74) is 2.45. The summed E-state index contributed by atoms with van der Waals surface area (Å²) in [5.74, 6) is 2.05. The van der Waals surface area contributed by atoms with Gasteiger partial charge in [-0.1, -0.05) is 12.1 Å². The van der Waals surface area contributed by atoms with E-state index in [1.54, 1.807) is 7.11 Å². The van der Waals surface area contributed by atoms with Crippen molar-refractivity contribution in [1.82, 2.24) is 14.9 Å². The summed E-state index contributed by atoms with van der Waals surface area (Å²) in [6.07, 6.45) is 4.75. The second-order valence-electron chi connectivity index (χ2n) is 4.69. The van der Waals surface area contributed by atoms with Crippen LogP contribution >= 0.6 is 0 Å². The predicted molar refractivity (Wildman–Crippen MR) is 76.3 cm³/mol. The molecular weight excluding hydrogens is 238 g/mol. The van der Waals surface area contributed by atoms with Gasteiger partial charge in [-0.2, -0.15) is 0 Å². The lowest BCUT2D eigenvalue weighted by atomic mass is 10.1. The van der Waals surface area contributed by atoms with E-state index in [-0.39, 0.29) is 0 Å². The van der Waals surface area contributed by atoms with Gasteiger partial charge in [-0.3, -0.25) is 0 Å². The lowest BCUT2D eigenvalue weighted by Crippen LogP contribution is -2.18. The maximum atomic E-state index is 5.26. The first-order valence-electron chi connectivity index (χ1n) is 6.51. The van der Waals surface area contributed by atoms with E-state index in [0.29, 0.717) is 0 Å². The highest BCUT2D eigenvalue weighted by atomic mass is 16.5. The van der Waals surface area contributed by atoms with Crippen molar-refractivity contribution in [3.63, 3.8) is 0 Å². The SMILES string of the molecule is COc1ccc(CNCCc2nccn2C)cc1C. The van der Waals surface area contributed by atoms with Gasteiger partial charge in [-0.15, -0.1) is 0 Å². The minimum Gasteiger partial charge on any atom is -0.496 e. The molecule has 2 aromatic rings. The van der Waals surface area contributed by atoms with Crippen LogP contribution in [0, 0.1) is 6.92 Å². The van der Waals surface area contributed by atoms with Crippen LogP contribution in [0.1, 0.15) is 17.0 Å². The first-order chi connectivity index (χ1) is 9.20. The van der Waals surface area contributed by atoms with E-state index in [1.807, 2.05) is 25.5 Å². The highest BCUT2D eigenvalue weighted by Gasteiger charge is 2.01.